The fourth-order valence-corrected chi connectivity index (χ4v) is 2.03. The fourth-order valence-electron chi connectivity index (χ4n) is 2.03. The number of hydrogen-bond acceptors (Lipinski definition) is 2. The highest BCUT2D eigenvalue weighted by atomic mass is 14.9. The van der Waals surface area contributed by atoms with Crippen molar-refractivity contribution in [3.63, 3.8) is 0 Å². The van der Waals surface area contributed by atoms with Crippen LogP contribution in [-0.4, -0.2) is 12.1 Å². The van der Waals surface area contributed by atoms with Crippen molar-refractivity contribution in [1.29, 1.82) is 5.26 Å². The van der Waals surface area contributed by atoms with E-state index in [1.807, 2.05) is 0 Å². The molecule has 0 bridgehead atoms. The van der Waals surface area contributed by atoms with Crippen LogP contribution in [-0.2, 0) is 0 Å². The minimum Gasteiger partial charge on any atom is -0.299 e. The van der Waals surface area contributed by atoms with E-state index in [9.17, 15) is 0 Å². The number of hydrogen-bond donors (Lipinski definition) is 1. The van der Waals surface area contributed by atoms with Crippen LogP contribution in [0.15, 0.2) is 0 Å². The SMILES string of the molecule is CCCC(C#N)NC1CCCCC1. The number of nitriles is 1. The molecule has 74 valence electrons. The van der Waals surface area contributed by atoms with E-state index >= 15 is 0 Å². The van der Waals surface area contributed by atoms with Crippen LogP contribution in [0.3, 0.4) is 0 Å². The lowest BCUT2D eigenvalue weighted by molar-refractivity contribution is 0.351. The Balaban J connectivity index is 2.24. The predicted molar refractivity (Wildman–Crippen MR) is 54.3 cm³/mol. The average Bonchev–Trinajstić information content (AvgIpc) is 2.19. The summed E-state index contributed by atoms with van der Waals surface area (Å²) in [5, 5.41) is 12.3. The maximum Gasteiger partial charge on any atom is 0.0955 e. The van der Waals surface area contributed by atoms with Gasteiger partial charge in [0.05, 0.1) is 12.1 Å². The minimum absolute atomic E-state index is 0.0908. The molecule has 1 aliphatic carbocycles. The first-order valence-electron chi connectivity index (χ1n) is 5.52. The summed E-state index contributed by atoms with van der Waals surface area (Å²) in [5.41, 5.74) is 0. The van der Waals surface area contributed by atoms with Crippen molar-refractivity contribution in [2.24, 2.45) is 0 Å². The molecule has 0 aromatic rings. The van der Waals surface area contributed by atoms with Crippen LogP contribution in [0.5, 0.6) is 0 Å². The molecule has 0 saturated heterocycles. The lowest BCUT2D eigenvalue weighted by Crippen LogP contribution is -2.38. The third-order valence-electron chi connectivity index (χ3n) is 2.78. The van der Waals surface area contributed by atoms with Gasteiger partial charge in [-0.2, -0.15) is 5.26 Å². The molecule has 0 aromatic carbocycles. The Morgan fingerprint density at radius 2 is 2.08 bits per heavy atom. The summed E-state index contributed by atoms with van der Waals surface area (Å²) in [6, 6.07) is 3.05. The minimum atomic E-state index is 0.0908. The second-order valence-electron chi connectivity index (χ2n) is 3.97. The molecular weight excluding hydrogens is 160 g/mol. The Kier molecular flexibility index (Phi) is 4.85. The van der Waals surface area contributed by atoms with Gasteiger partial charge in [-0.3, -0.25) is 5.32 Å². The Morgan fingerprint density at radius 1 is 1.38 bits per heavy atom. The number of rotatable bonds is 4. The number of nitrogens with one attached hydrogen (secondary N) is 1. The van der Waals surface area contributed by atoms with Crippen molar-refractivity contribution in [2.75, 3.05) is 0 Å². The van der Waals surface area contributed by atoms with Crippen molar-refractivity contribution >= 4 is 0 Å². The molecule has 0 aliphatic heterocycles. The molecule has 1 unspecified atom stereocenters. The maximum atomic E-state index is 8.88. The zero-order chi connectivity index (χ0) is 9.52. The third-order valence-corrected chi connectivity index (χ3v) is 2.78. The van der Waals surface area contributed by atoms with E-state index in [2.05, 4.69) is 18.3 Å². The molecule has 1 aliphatic rings. The molecular formula is C11H20N2. The highest BCUT2D eigenvalue weighted by Gasteiger charge is 2.16. The standard InChI is InChI=1S/C11H20N2/c1-2-6-11(9-12)13-10-7-4-3-5-8-10/h10-11,13H,2-8H2,1H3. The normalized spacial score (nSPS) is 20.9. The Bertz CT molecular complexity index is 165. The van der Waals surface area contributed by atoms with Gasteiger partial charge in [-0.05, 0) is 19.3 Å². The van der Waals surface area contributed by atoms with Gasteiger partial charge in [-0.25, -0.2) is 0 Å². The summed E-state index contributed by atoms with van der Waals surface area (Å²) in [7, 11) is 0. The molecule has 1 atom stereocenters. The van der Waals surface area contributed by atoms with Gasteiger partial charge < -0.3 is 0 Å². The van der Waals surface area contributed by atoms with E-state index in [1.165, 1.54) is 32.1 Å². The van der Waals surface area contributed by atoms with E-state index in [4.69, 9.17) is 5.26 Å². The van der Waals surface area contributed by atoms with Gasteiger partial charge in [0.15, 0.2) is 0 Å². The van der Waals surface area contributed by atoms with Crippen molar-refractivity contribution in [3.8, 4) is 6.07 Å². The summed E-state index contributed by atoms with van der Waals surface area (Å²) in [6.07, 6.45) is 8.67. The highest BCUT2D eigenvalue weighted by molar-refractivity contribution is 4.91. The van der Waals surface area contributed by atoms with Crippen LogP contribution in [0.2, 0.25) is 0 Å². The maximum absolute atomic E-state index is 8.88. The lowest BCUT2D eigenvalue weighted by atomic mass is 9.94. The van der Waals surface area contributed by atoms with Crippen molar-refractivity contribution in [1.82, 2.24) is 5.32 Å². The molecule has 1 rings (SSSR count). The van der Waals surface area contributed by atoms with E-state index in [1.54, 1.807) is 0 Å². The Hall–Kier alpha value is -0.550. The van der Waals surface area contributed by atoms with Crippen LogP contribution >= 0.6 is 0 Å². The Labute approximate surface area is 81.3 Å². The summed E-state index contributed by atoms with van der Waals surface area (Å²) in [5.74, 6) is 0. The predicted octanol–water partition coefficient (Wildman–Crippen LogP) is 2.60. The van der Waals surface area contributed by atoms with Gasteiger partial charge in [0.1, 0.15) is 0 Å². The van der Waals surface area contributed by atoms with Crippen LogP contribution in [0.4, 0.5) is 0 Å². The monoisotopic (exact) mass is 180 g/mol. The van der Waals surface area contributed by atoms with Crippen LogP contribution in [0, 0.1) is 11.3 Å². The zero-order valence-corrected chi connectivity index (χ0v) is 8.55. The summed E-state index contributed by atoms with van der Waals surface area (Å²) < 4.78 is 0. The second-order valence-corrected chi connectivity index (χ2v) is 3.97. The molecule has 0 radical (unpaired) electrons. The summed E-state index contributed by atoms with van der Waals surface area (Å²) in [4.78, 5) is 0. The van der Waals surface area contributed by atoms with Gasteiger partial charge in [-0.1, -0.05) is 32.6 Å². The van der Waals surface area contributed by atoms with Crippen LogP contribution in [0.25, 0.3) is 0 Å². The largest absolute Gasteiger partial charge is 0.299 e. The lowest BCUT2D eigenvalue weighted by Gasteiger charge is -2.25. The van der Waals surface area contributed by atoms with Gasteiger partial charge in [0.25, 0.3) is 0 Å². The van der Waals surface area contributed by atoms with Gasteiger partial charge in [0.2, 0.25) is 0 Å². The molecule has 0 aromatic heterocycles. The second kappa shape index (κ2) is 5.99. The average molecular weight is 180 g/mol. The topological polar surface area (TPSA) is 35.8 Å². The molecule has 2 heteroatoms. The molecule has 13 heavy (non-hydrogen) atoms. The molecule has 0 heterocycles. The fraction of sp³-hybridized carbons (Fsp3) is 0.909. The van der Waals surface area contributed by atoms with E-state index in [0.29, 0.717) is 6.04 Å². The van der Waals surface area contributed by atoms with Gasteiger partial charge >= 0.3 is 0 Å². The summed E-state index contributed by atoms with van der Waals surface area (Å²) in [6.45, 7) is 2.13. The van der Waals surface area contributed by atoms with Crippen LogP contribution < -0.4 is 5.32 Å². The molecule has 2 nitrogen and oxygen atoms in total. The third kappa shape index (κ3) is 3.78. The van der Waals surface area contributed by atoms with Crippen LogP contribution in [0.1, 0.15) is 51.9 Å². The molecule has 0 amide bonds. The Morgan fingerprint density at radius 3 is 2.62 bits per heavy atom. The van der Waals surface area contributed by atoms with Crippen molar-refractivity contribution in [2.45, 2.75) is 64.0 Å². The van der Waals surface area contributed by atoms with E-state index in [-0.39, 0.29) is 6.04 Å². The highest BCUT2D eigenvalue weighted by Crippen LogP contribution is 2.18. The first-order valence-corrected chi connectivity index (χ1v) is 5.52. The smallest absolute Gasteiger partial charge is 0.0955 e. The van der Waals surface area contributed by atoms with Gasteiger partial charge in [-0.15, -0.1) is 0 Å². The summed E-state index contributed by atoms with van der Waals surface area (Å²) >= 11 is 0. The van der Waals surface area contributed by atoms with E-state index < -0.39 is 0 Å². The first-order chi connectivity index (χ1) is 6.36. The van der Waals surface area contributed by atoms with Gasteiger partial charge in [0, 0.05) is 6.04 Å². The number of nitrogens with zero attached hydrogens (tertiary/aromatic N) is 1. The molecule has 1 fully saturated rings. The van der Waals surface area contributed by atoms with Crippen molar-refractivity contribution in [3.05, 3.63) is 0 Å². The first kappa shape index (κ1) is 10.5. The molecule has 1 N–H and O–H groups in total. The van der Waals surface area contributed by atoms with E-state index in [0.717, 1.165) is 12.8 Å². The zero-order valence-electron chi connectivity index (χ0n) is 8.55. The quantitative estimate of drug-likeness (QED) is 0.722. The van der Waals surface area contributed by atoms with Crippen molar-refractivity contribution < 1.29 is 0 Å². The molecule has 0 spiro atoms. The molecule has 1 saturated carbocycles.